The second-order valence-electron chi connectivity index (χ2n) is 5.83. The van der Waals surface area contributed by atoms with Crippen LogP contribution in [0.3, 0.4) is 0 Å². The molecule has 2 saturated carbocycles. The first kappa shape index (κ1) is 14.8. The Kier molecular flexibility index (Phi) is 5.03. The fraction of sp³-hybridized carbons (Fsp3) is 0.667. The van der Waals surface area contributed by atoms with Crippen molar-refractivity contribution in [3.8, 4) is 0 Å². The van der Waals surface area contributed by atoms with Gasteiger partial charge < -0.3 is 5.32 Å². The predicted octanol–water partition coefficient (Wildman–Crippen LogP) is 5.17. The topological polar surface area (TPSA) is 24.9 Å². The van der Waals surface area contributed by atoms with Gasteiger partial charge >= 0.3 is 0 Å². The van der Waals surface area contributed by atoms with E-state index in [1.165, 1.54) is 61.9 Å². The Morgan fingerprint density at radius 3 is 2.55 bits per heavy atom. The van der Waals surface area contributed by atoms with Crippen molar-refractivity contribution in [3.05, 3.63) is 20.1 Å². The van der Waals surface area contributed by atoms with E-state index in [0.29, 0.717) is 15.5 Å². The maximum atomic E-state index is 6.15. The molecule has 0 atom stereocenters. The summed E-state index contributed by atoms with van der Waals surface area (Å²) in [7, 11) is 0. The molecule has 2 aliphatic rings. The average molecular weight is 331 g/mol. The molecular formula is C15H20Cl2N2S. The second-order valence-corrected chi connectivity index (χ2v) is 7.80. The Morgan fingerprint density at radius 1 is 1.20 bits per heavy atom. The number of thiazole rings is 1. The molecule has 0 aromatic carbocycles. The van der Waals surface area contributed by atoms with Crippen LogP contribution in [-0.4, -0.2) is 17.6 Å². The summed E-state index contributed by atoms with van der Waals surface area (Å²) in [5.41, 5.74) is 1.49. The lowest BCUT2D eigenvalue weighted by Gasteiger charge is -2.25. The Hall–Kier alpha value is -0.0900. The van der Waals surface area contributed by atoms with Crippen molar-refractivity contribution < 1.29 is 0 Å². The van der Waals surface area contributed by atoms with Gasteiger partial charge in [0.25, 0.3) is 0 Å². The molecule has 1 heterocycles. The minimum absolute atomic E-state index is 0.527. The predicted molar refractivity (Wildman–Crippen MR) is 87.7 cm³/mol. The van der Waals surface area contributed by atoms with Gasteiger partial charge in [0, 0.05) is 12.6 Å². The molecular weight excluding hydrogens is 311 g/mol. The van der Waals surface area contributed by atoms with E-state index in [9.17, 15) is 0 Å². The monoisotopic (exact) mass is 330 g/mol. The Morgan fingerprint density at radius 2 is 1.95 bits per heavy atom. The molecule has 2 aliphatic carbocycles. The quantitative estimate of drug-likeness (QED) is 0.805. The van der Waals surface area contributed by atoms with Crippen molar-refractivity contribution in [1.29, 1.82) is 0 Å². The zero-order valence-corrected chi connectivity index (χ0v) is 13.8. The number of hydrogen-bond acceptors (Lipinski definition) is 3. The molecule has 0 bridgehead atoms. The van der Waals surface area contributed by atoms with E-state index >= 15 is 0 Å². The fourth-order valence-electron chi connectivity index (χ4n) is 2.88. The van der Waals surface area contributed by atoms with Gasteiger partial charge in [-0.3, -0.25) is 0 Å². The highest BCUT2D eigenvalue weighted by Crippen LogP contribution is 2.34. The first-order valence-electron chi connectivity index (χ1n) is 7.48. The third kappa shape index (κ3) is 3.97. The molecule has 0 saturated heterocycles. The maximum Gasteiger partial charge on any atom is 0.185 e. The third-order valence-electron chi connectivity index (χ3n) is 4.20. The van der Waals surface area contributed by atoms with E-state index in [4.69, 9.17) is 23.2 Å². The van der Waals surface area contributed by atoms with Crippen LogP contribution >= 0.6 is 34.5 Å². The molecule has 20 heavy (non-hydrogen) atoms. The van der Waals surface area contributed by atoms with Crippen LogP contribution in [0.1, 0.15) is 49.8 Å². The summed E-state index contributed by atoms with van der Waals surface area (Å²) in [6.07, 6.45) is 11.6. The van der Waals surface area contributed by atoms with Crippen molar-refractivity contribution in [3.63, 3.8) is 0 Å². The van der Waals surface area contributed by atoms with Crippen molar-refractivity contribution in [2.45, 2.75) is 51.0 Å². The van der Waals surface area contributed by atoms with Crippen LogP contribution in [0.4, 0.5) is 0 Å². The van der Waals surface area contributed by atoms with Crippen molar-refractivity contribution >= 4 is 40.6 Å². The van der Waals surface area contributed by atoms with Gasteiger partial charge in [0.2, 0.25) is 0 Å². The largest absolute Gasteiger partial charge is 0.310 e. The maximum absolute atomic E-state index is 6.15. The Labute approximate surface area is 134 Å². The SMILES string of the molecule is Clc1nc(Cl)c(/C=C(/CNC2CC2)C2CCCCC2)s1. The molecule has 1 aromatic rings. The third-order valence-corrected chi connectivity index (χ3v) is 5.71. The molecule has 2 fully saturated rings. The van der Waals surface area contributed by atoms with Gasteiger partial charge in [-0.15, -0.1) is 11.3 Å². The molecule has 0 radical (unpaired) electrons. The smallest absolute Gasteiger partial charge is 0.185 e. The second kappa shape index (κ2) is 6.78. The molecule has 0 spiro atoms. The van der Waals surface area contributed by atoms with Gasteiger partial charge in [-0.1, -0.05) is 48.0 Å². The number of aromatic nitrogens is 1. The number of hydrogen-bond donors (Lipinski definition) is 1. The summed E-state index contributed by atoms with van der Waals surface area (Å²) in [5.74, 6) is 0.701. The van der Waals surface area contributed by atoms with Crippen LogP contribution in [0.2, 0.25) is 9.62 Å². The minimum atomic E-state index is 0.527. The Balaban J connectivity index is 1.76. The number of nitrogens with zero attached hydrogens (tertiary/aromatic N) is 1. The van der Waals surface area contributed by atoms with Gasteiger partial charge in [-0.25, -0.2) is 4.98 Å². The first-order valence-corrected chi connectivity index (χ1v) is 9.05. The molecule has 0 unspecified atom stereocenters. The summed E-state index contributed by atoms with van der Waals surface area (Å²) in [5, 5.41) is 4.18. The average Bonchev–Trinajstić information content (AvgIpc) is 3.21. The van der Waals surface area contributed by atoms with Crippen LogP contribution < -0.4 is 5.32 Å². The molecule has 0 amide bonds. The first-order chi connectivity index (χ1) is 9.72. The molecule has 2 nitrogen and oxygen atoms in total. The standard InChI is InChI=1S/C15H20Cl2N2S/c16-14-13(20-15(17)19-14)8-11(9-18-12-6-7-12)10-4-2-1-3-5-10/h8,10,12,18H,1-7,9H2/b11-8-. The van der Waals surface area contributed by atoms with E-state index in [-0.39, 0.29) is 0 Å². The van der Waals surface area contributed by atoms with Crippen molar-refractivity contribution in [2.24, 2.45) is 5.92 Å². The molecule has 110 valence electrons. The number of halogens is 2. The highest BCUT2D eigenvalue weighted by Gasteiger charge is 2.23. The van der Waals surface area contributed by atoms with Gasteiger partial charge in [0.05, 0.1) is 4.88 Å². The van der Waals surface area contributed by atoms with Crippen molar-refractivity contribution in [1.82, 2.24) is 10.3 Å². The van der Waals surface area contributed by atoms with E-state index in [2.05, 4.69) is 16.4 Å². The van der Waals surface area contributed by atoms with E-state index in [0.717, 1.165) is 17.5 Å². The van der Waals surface area contributed by atoms with Crippen LogP contribution in [0, 0.1) is 5.92 Å². The number of nitrogens with one attached hydrogen (secondary N) is 1. The van der Waals surface area contributed by atoms with Crippen molar-refractivity contribution in [2.75, 3.05) is 6.54 Å². The summed E-state index contributed by atoms with van der Waals surface area (Å²) >= 11 is 13.6. The Bertz CT molecular complexity index is 488. The summed E-state index contributed by atoms with van der Waals surface area (Å²) in [6.45, 7) is 0.987. The zero-order valence-electron chi connectivity index (χ0n) is 11.5. The fourth-order valence-corrected chi connectivity index (χ4v) is 4.22. The minimum Gasteiger partial charge on any atom is -0.310 e. The van der Waals surface area contributed by atoms with Crippen LogP contribution in [-0.2, 0) is 0 Å². The summed E-state index contributed by atoms with van der Waals surface area (Å²) in [6, 6.07) is 0.738. The molecule has 0 aliphatic heterocycles. The molecule has 1 N–H and O–H groups in total. The van der Waals surface area contributed by atoms with Gasteiger partial charge in [-0.05, 0) is 37.7 Å². The highest BCUT2D eigenvalue weighted by atomic mass is 35.5. The lowest BCUT2D eigenvalue weighted by atomic mass is 9.83. The zero-order chi connectivity index (χ0) is 13.9. The van der Waals surface area contributed by atoms with E-state index in [1.54, 1.807) is 0 Å². The van der Waals surface area contributed by atoms with Crippen LogP contribution in [0.15, 0.2) is 5.57 Å². The molecule has 3 rings (SSSR count). The van der Waals surface area contributed by atoms with Gasteiger partial charge in [-0.2, -0.15) is 0 Å². The van der Waals surface area contributed by atoms with Crippen LogP contribution in [0.5, 0.6) is 0 Å². The normalized spacial score (nSPS) is 21.4. The lowest BCUT2D eigenvalue weighted by molar-refractivity contribution is 0.396. The molecule has 1 aromatic heterocycles. The lowest BCUT2D eigenvalue weighted by Crippen LogP contribution is -2.23. The van der Waals surface area contributed by atoms with E-state index < -0.39 is 0 Å². The van der Waals surface area contributed by atoms with Gasteiger partial charge in [0.15, 0.2) is 4.47 Å². The number of rotatable bonds is 5. The summed E-state index contributed by atoms with van der Waals surface area (Å²) in [4.78, 5) is 5.11. The van der Waals surface area contributed by atoms with Gasteiger partial charge in [0.1, 0.15) is 5.15 Å². The molecule has 5 heteroatoms. The van der Waals surface area contributed by atoms with E-state index in [1.807, 2.05) is 0 Å². The van der Waals surface area contributed by atoms with Crippen LogP contribution in [0.25, 0.3) is 6.08 Å². The summed E-state index contributed by atoms with van der Waals surface area (Å²) < 4.78 is 0.527. The highest BCUT2D eigenvalue weighted by molar-refractivity contribution is 7.17.